The van der Waals surface area contributed by atoms with E-state index in [1.165, 1.54) is 17.7 Å². The summed E-state index contributed by atoms with van der Waals surface area (Å²) in [6.45, 7) is 4.05. The largest absolute Gasteiger partial charge is 0.485 e. The Morgan fingerprint density at radius 2 is 2.03 bits per heavy atom. The van der Waals surface area contributed by atoms with Crippen LogP contribution >= 0.6 is 15.9 Å². The molecule has 0 amide bonds. The van der Waals surface area contributed by atoms with E-state index in [4.69, 9.17) is 9.47 Å². The summed E-state index contributed by atoms with van der Waals surface area (Å²) in [5.41, 5.74) is 3.21. The molecule has 4 nitrogen and oxygen atoms in total. The smallest absolute Gasteiger partial charge is 0.310 e. The normalized spacial score (nSPS) is 19.8. The number of hydrogen-bond acceptors (Lipinski definition) is 4. The van der Waals surface area contributed by atoms with E-state index in [9.17, 15) is 9.18 Å². The second kappa shape index (κ2) is 8.44. The van der Waals surface area contributed by atoms with Gasteiger partial charge in [0.1, 0.15) is 17.7 Å². The molecule has 0 aromatic heterocycles. The van der Waals surface area contributed by atoms with Gasteiger partial charge in [-0.3, -0.25) is 4.79 Å². The van der Waals surface area contributed by atoms with E-state index in [2.05, 4.69) is 39.4 Å². The fraction of sp³-hybridized carbons (Fsp3) is 0.435. The Morgan fingerprint density at radius 1 is 1.24 bits per heavy atom. The zero-order valence-electron chi connectivity index (χ0n) is 16.5. The molecule has 1 fully saturated rings. The minimum absolute atomic E-state index is 0.0660. The molecule has 0 bridgehead atoms. The third-order valence-corrected chi connectivity index (χ3v) is 6.50. The van der Waals surface area contributed by atoms with Crippen molar-refractivity contribution in [2.45, 2.75) is 44.1 Å². The summed E-state index contributed by atoms with van der Waals surface area (Å²) in [5.74, 6) is -0.301. The number of carbonyl (C=O) groups excluding carboxylic acids is 1. The van der Waals surface area contributed by atoms with Crippen molar-refractivity contribution < 1.29 is 18.7 Å². The number of rotatable bonds is 5. The Kier molecular flexibility index (Phi) is 5.93. The molecule has 29 heavy (non-hydrogen) atoms. The zero-order valence-corrected chi connectivity index (χ0v) is 18.1. The lowest BCUT2D eigenvalue weighted by Gasteiger charge is -2.35. The number of fused-ring (bicyclic) bond motifs is 2. The van der Waals surface area contributed by atoms with Gasteiger partial charge in [0.2, 0.25) is 0 Å². The lowest BCUT2D eigenvalue weighted by Crippen LogP contribution is -2.38. The number of halogens is 2. The highest BCUT2D eigenvalue weighted by atomic mass is 79.9. The summed E-state index contributed by atoms with van der Waals surface area (Å²) in [4.78, 5) is 12.0. The van der Waals surface area contributed by atoms with Crippen LogP contribution in [-0.2, 0) is 21.4 Å². The highest BCUT2D eigenvalue weighted by molar-refractivity contribution is 9.10. The molecule has 0 saturated carbocycles. The molecule has 1 heterocycles. The third kappa shape index (κ3) is 4.19. The number of carbonyl (C=O) groups is 1. The molecule has 1 N–H and O–H groups in total. The highest BCUT2D eigenvalue weighted by Gasteiger charge is 2.45. The van der Waals surface area contributed by atoms with Crippen LogP contribution in [0, 0.1) is 5.82 Å². The fourth-order valence-corrected chi connectivity index (χ4v) is 5.03. The molecule has 1 atom stereocenters. The molecule has 2 aromatic rings. The van der Waals surface area contributed by atoms with Gasteiger partial charge in [0.15, 0.2) is 0 Å². The maximum atomic E-state index is 14.0. The fourth-order valence-electron chi connectivity index (χ4n) is 4.65. The van der Waals surface area contributed by atoms with Crippen LogP contribution in [0.25, 0.3) is 0 Å². The maximum Gasteiger partial charge on any atom is 0.310 e. The molecule has 1 spiro atoms. The van der Waals surface area contributed by atoms with Crippen molar-refractivity contribution in [2.75, 3.05) is 19.7 Å². The molecule has 154 valence electrons. The quantitative estimate of drug-likeness (QED) is 0.647. The van der Waals surface area contributed by atoms with E-state index in [0.717, 1.165) is 42.4 Å². The Balaban J connectivity index is 1.66. The molecule has 1 saturated heterocycles. The highest BCUT2D eigenvalue weighted by Crippen LogP contribution is 2.52. The van der Waals surface area contributed by atoms with Gasteiger partial charge in [-0.1, -0.05) is 28.1 Å². The van der Waals surface area contributed by atoms with Gasteiger partial charge in [0.25, 0.3) is 0 Å². The van der Waals surface area contributed by atoms with E-state index >= 15 is 0 Å². The third-order valence-electron chi connectivity index (χ3n) is 6.01. The van der Waals surface area contributed by atoms with Crippen molar-refractivity contribution in [1.82, 2.24) is 5.32 Å². The second-order valence-electron chi connectivity index (χ2n) is 7.81. The van der Waals surface area contributed by atoms with Gasteiger partial charge in [-0.15, -0.1) is 0 Å². The number of hydrogen-bond donors (Lipinski definition) is 1. The topological polar surface area (TPSA) is 47.6 Å². The first-order valence-electron chi connectivity index (χ1n) is 10.1. The molecule has 1 aliphatic heterocycles. The SMILES string of the molecule is CCOC(=O)Cc1ccc(F)cc1OC1CC2(CCNCC2)c2ccc(Br)cc21. The van der Waals surface area contributed by atoms with E-state index in [-0.39, 0.29) is 29.7 Å². The average molecular weight is 462 g/mol. The lowest BCUT2D eigenvalue weighted by molar-refractivity contribution is -0.142. The molecule has 2 aromatic carbocycles. The summed E-state index contributed by atoms with van der Waals surface area (Å²) >= 11 is 3.58. The number of piperidine rings is 1. The summed E-state index contributed by atoms with van der Waals surface area (Å²) in [7, 11) is 0. The van der Waals surface area contributed by atoms with Crippen LogP contribution in [0.5, 0.6) is 5.75 Å². The van der Waals surface area contributed by atoms with Gasteiger partial charge in [-0.2, -0.15) is 0 Å². The number of ether oxygens (including phenoxy) is 2. The molecule has 1 aliphatic carbocycles. The van der Waals surface area contributed by atoms with Crippen molar-refractivity contribution in [3.8, 4) is 5.75 Å². The number of benzene rings is 2. The Morgan fingerprint density at radius 3 is 2.79 bits per heavy atom. The first-order valence-corrected chi connectivity index (χ1v) is 10.9. The van der Waals surface area contributed by atoms with E-state index in [0.29, 0.717) is 17.9 Å². The number of nitrogens with one attached hydrogen (secondary N) is 1. The van der Waals surface area contributed by atoms with E-state index < -0.39 is 0 Å². The van der Waals surface area contributed by atoms with Crippen LogP contribution in [0.15, 0.2) is 40.9 Å². The van der Waals surface area contributed by atoms with Gasteiger partial charge in [0, 0.05) is 21.5 Å². The van der Waals surface area contributed by atoms with Gasteiger partial charge in [0.05, 0.1) is 13.0 Å². The van der Waals surface area contributed by atoms with Gasteiger partial charge < -0.3 is 14.8 Å². The van der Waals surface area contributed by atoms with Crippen LogP contribution in [0.3, 0.4) is 0 Å². The van der Waals surface area contributed by atoms with Crippen LogP contribution in [0.4, 0.5) is 4.39 Å². The average Bonchev–Trinajstić information content (AvgIpc) is 2.97. The monoisotopic (exact) mass is 461 g/mol. The minimum Gasteiger partial charge on any atom is -0.485 e. The van der Waals surface area contributed by atoms with Crippen LogP contribution < -0.4 is 10.1 Å². The van der Waals surface area contributed by atoms with Crippen molar-refractivity contribution in [2.24, 2.45) is 0 Å². The number of esters is 1. The standard InChI is InChI=1S/C23H25BrFNO3/c1-2-28-22(27)11-15-3-5-17(25)13-20(15)29-21-14-23(7-9-26-10-8-23)19-6-4-16(24)12-18(19)21/h3-6,12-13,21,26H,2,7-11,14H2,1H3. The second-order valence-corrected chi connectivity index (χ2v) is 8.72. The van der Waals surface area contributed by atoms with E-state index in [1.807, 2.05) is 0 Å². The summed E-state index contributed by atoms with van der Waals surface area (Å²) in [6, 6.07) is 10.7. The molecule has 1 unspecified atom stereocenters. The molecule has 2 aliphatic rings. The molecule has 0 radical (unpaired) electrons. The molecule has 4 rings (SSSR count). The summed E-state index contributed by atoms with van der Waals surface area (Å²) in [5, 5.41) is 3.44. The van der Waals surface area contributed by atoms with Crippen molar-refractivity contribution in [3.05, 3.63) is 63.4 Å². The summed E-state index contributed by atoms with van der Waals surface area (Å²) < 4.78 is 26.5. The van der Waals surface area contributed by atoms with Crippen LogP contribution in [0.2, 0.25) is 0 Å². The molecular weight excluding hydrogens is 437 g/mol. The predicted octanol–water partition coefficient (Wildman–Crippen LogP) is 4.84. The van der Waals surface area contributed by atoms with Gasteiger partial charge >= 0.3 is 5.97 Å². The summed E-state index contributed by atoms with van der Waals surface area (Å²) in [6.07, 6.45) is 2.86. The predicted molar refractivity (Wildman–Crippen MR) is 113 cm³/mol. The van der Waals surface area contributed by atoms with Crippen molar-refractivity contribution in [3.63, 3.8) is 0 Å². The maximum absolute atomic E-state index is 14.0. The van der Waals surface area contributed by atoms with Crippen molar-refractivity contribution in [1.29, 1.82) is 0 Å². The van der Waals surface area contributed by atoms with Gasteiger partial charge in [-0.05, 0) is 68.6 Å². The first-order chi connectivity index (χ1) is 14.0. The van der Waals surface area contributed by atoms with Crippen LogP contribution in [-0.4, -0.2) is 25.7 Å². The Bertz CT molecular complexity index is 911. The molecule has 6 heteroatoms. The van der Waals surface area contributed by atoms with Crippen molar-refractivity contribution >= 4 is 21.9 Å². The first kappa shape index (κ1) is 20.4. The van der Waals surface area contributed by atoms with Crippen LogP contribution in [0.1, 0.15) is 49.0 Å². The zero-order chi connectivity index (χ0) is 20.4. The van der Waals surface area contributed by atoms with Gasteiger partial charge in [-0.25, -0.2) is 4.39 Å². The minimum atomic E-state index is -0.378. The Hall–Kier alpha value is -1.92. The molecular formula is C23H25BrFNO3. The Labute approximate surface area is 178 Å². The lowest BCUT2D eigenvalue weighted by atomic mass is 9.74. The van der Waals surface area contributed by atoms with E-state index in [1.54, 1.807) is 13.0 Å².